The first-order valence-electron chi connectivity index (χ1n) is 8.94. The number of hydrogen-bond acceptors (Lipinski definition) is 4. The zero-order valence-electron chi connectivity index (χ0n) is 14.8. The van der Waals surface area contributed by atoms with Crippen LogP contribution in [0.3, 0.4) is 0 Å². The number of halogens is 1. The van der Waals surface area contributed by atoms with Crippen LogP contribution in [0.2, 0.25) is 0 Å². The summed E-state index contributed by atoms with van der Waals surface area (Å²) in [5.74, 6) is 0.157. The number of nitrogens with zero attached hydrogens (tertiary/aromatic N) is 2. The maximum absolute atomic E-state index is 14.6. The minimum absolute atomic E-state index is 0.0441. The van der Waals surface area contributed by atoms with Gasteiger partial charge in [0.05, 0.1) is 36.1 Å². The van der Waals surface area contributed by atoms with E-state index in [4.69, 9.17) is 15.5 Å². The van der Waals surface area contributed by atoms with Crippen molar-refractivity contribution in [1.82, 2.24) is 9.88 Å². The van der Waals surface area contributed by atoms with E-state index in [2.05, 4.69) is 0 Å². The Hall–Kier alpha value is -3.15. The molecule has 1 amide bonds. The van der Waals surface area contributed by atoms with Crippen LogP contribution in [0.4, 0.5) is 10.1 Å². The van der Waals surface area contributed by atoms with Crippen LogP contribution in [-0.2, 0) is 6.54 Å². The fourth-order valence-corrected chi connectivity index (χ4v) is 3.83. The van der Waals surface area contributed by atoms with E-state index in [1.807, 2.05) is 17.0 Å². The third-order valence-electron chi connectivity index (χ3n) is 5.38. The van der Waals surface area contributed by atoms with Gasteiger partial charge in [-0.2, -0.15) is 0 Å². The van der Waals surface area contributed by atoms with Crippen LogP contribution in [0.25, 0.3) is 22.0 Å². The summed E-state index contributed by atoms with van der Waals surface area (Å²) in [5.41, 5.74) is 9.61. The Bertz CT molecular complexity index is 1110. The summed E-state index contributed by atoms with van der Waals surface area (Å²) in [6.45, 7) is 0.466. The van der Waals surface area contributed by atoms with Crippen LogP contribution in [0.5, 0.6) is 5.75 Å². The molecule has 2 N–H and O–H groups in total. The lowest BCUT2D eigenvalue weighted by molar-refractivity contribution is 0.0767. The van der Waals surface area contributed by atoms with Crippen LogP contribution in [0.15, 0.2) is 36.4 Å². The minimum Gasteiger partial charge on any atom is -0.497 e. The summed E-state index contributed by atoms with van der Waals surface area (Å²) in [6.07, 6.45) is 2.05. The summed E-state index contributed by atoms with van der Waals surface area (Å²) in [6, 6.07) is 10.3. The molecule has 6 heteroatoms. The third kappa shape index (κ3) is 2.36. The molecule has 0 radical (unpaired) electrons. The van der Waals surface area contributed by atoms with Gasteiger partial charge in [0, 0.05) is 22.6 Å². The van der Waals surface area contributed by atoms with Crippen molar-refractivity contribution >= 4 is 22.5 Å². The lowest BCUT2D eigenvalue weighted by atomic mass is 9.98. The maximum Gasteiger partial charge on any atom is 0.258 e. The highest BCUT2D eigenvalue weighted by molar-refractivity contribution is 6.11. The van der Waals surface area contributed by atoms with Gasteiger partial charge in [-0.3, -0.25) is 4.79 Å². The molecule has 3 aromatic rings. The molecule has 1 saturated carbocycles. The Balaban J connectivity index is 1.74. The van der Waals surface area contributed by atoms with Gasteiger partial charge in [-0.05, 0) is 31.0 Å². The second-order valence-corrected chi connectivity index (χ2v) is 7.06. The number of nitrogen functional groups attached to an aromatic ring is 1. The SMILES string of the molecule is COc1ccc(F)c(-c2cccc3c(N)c4c(nc23)CN(C2CC2)C4=O)c1. The summed E-state index contributed by atoms with van der Waals surface area (Å²) in [7, 11) is 1.54. The summed E-state index contributed by atoms with van der Waals surface area (Å²) in [5, 5.41) is 0.666. The molecule has 0 saturated heterocycles. The molecule has 1 fully saturated rings. The predicted molar refractivity (Wildman–Crippen MR) is 101 cm³/mol. The number of benzene rings is 2. The Morgan fingerprint density at radius 3 is 2.78 bits per heavy atom. The van der Waals surface area contributed by atoms with Crippen LogP contribution in [-0.4, -0.2) is 28.9 Å². The Labute approximate surface area is 155 Å². The van der Waals surface area contributed by atoms with E-state index in [-0.39, 0.29) is 11.7 Å². The number of hydrogen-bond donors (Lipinski definition) is 1. The predicted octanol–water partition coefficient (Wildman–Crippen LogP) is 3.75. The smallest absolute Gasteiger partial charge is 0.258 e. The van der Waals surface area contributed by atoms with Crippen molar-refractivity contribution in [3.8, 4) is 16.9 Å². The second kappa shape index (κ2) is 5.67. The number of fused-ring (bicyclic) bond motifs is 2. The first-order valence-corrected chi connectivity index (χ1v) is 8.94. The zero-order valence-corrected chi connectivity index (χ0v) is 14.8. The highest BCUT2D eigenvalue weighted by Crippen LogP contribution is 2.40. The highest BCUT2D eigenvalue weighted by Gasteiger charge is 2.40. The molecule has 2 aliphatic rings. The second-order valence-electron chi connectivity index (χ2n) is 7.06. The molecule has 0 spiro atoms. The van der Waals surface area contributed by atoms with E-state index in [0.29, 0.717) is 57.3 Å². The monoisotopic (exact) mass is 363 g/mol. The van der Waals surface area contributed by atoms with Crippen LogP contribution >= 0.6 is 0 Å². The van der Waals surface area contributed by atoms with Gasteiger partial charge < -0.3 is 15.4 Å². The maximum atomic E-state index is 14.6. The molecule has 2 heterocycles. The highest BCUT2D eigenvalue weighted by atomic mass is 19.1. The molecule has 1 aliphatic carbocycles. The van der Waals surface area contributed by atoms with Gasteiger partial charge in [-0.15, -0.1) is 0 Å². The molecule has 0 atom stereocenters. The lowest BCUT2D eigenvalue weighted by Gasteiger charge is -2.13. The molecular weight excluding hydrogens is 345 g/mol. The van der Waals surface area contributed by atoms with Crippen molar-refractivity contribution < 1.29 is 13.9 Å². The van der Waals surface area contributed by atoms with Crippen molar-refractivity contribution in [3.63, 3.8) is 0 Å². The number of methoxy groups -OCH3 is 1. The largest absolute Gasteiger partial charge is 0.497 e. The van der Waals surface area contributed by atoms with E-state index < -0.39 is 0 Å². The number of anilines is 1. The van der Waals surface area contributed by atoms with Crippen molar-refractivity contribution in [1.29, 1.82) is 0 Å². The molecule has 5 rings (SSSR count). The number of carbonyl (C=O) groups excluding carboxylic acids is 1. The minimum atomic E-state index is -0.361. The number of carbonyl (C=O) groups is 1. The number of ether oxygens (including phenoxy) is 1. The number of nitrogens with two attached hydrogens (primary N) is 1. The molecule has 27 heavy (non-hydrogen) atoms. The average Bonchev–Trinajstić information content (AvgIpc) is 3.46. The van der Waals surface area contributed by atoms with Crippen LogP contribution in [0.1, 0.15) is 28.9 Å². The standard InChI is InChI=1S/C21H18FN3O2/c1-27-12-7-8-16(22)15(9-12)13-3-2-4-14-19(23)18-17(24-20(13)14)10-25(21(18)26)11-5-6-11/h2-4,7-9,11H,5-6,10H2,1H3,(H2,23,24). The quantitative estimate of drug-likeness (QED) is 0.769. The van der Waals surface area contributed by atoms with Gasteiger partial charge in [0.15, 0.2) is 0 Å². The molecule has 0 unspecified atom stereocenters. The Morgan fingerprint density at radius 1 is 1.22 bits per heavy atom. The van der Waals surface area contributed by atoms with Gasteiger partial charge in [0.25, 0.3) is 5.91 Å². The number of pyridine rings is 1. The lowest BCUT2D eigenvalue weighted by Crippen LogP contribution is -2.26. The van der Waals surface area contributed by atoms with Gasteiger partial charge in [-0.25, -0.2) is 9.37 Å². The van der Waals surface area contributed by atoms with Gasteiger partial charge in [0.1, 0.15) is 11.6 Å². The molecule has 5 nitrogen and oxygen atoms in total. The van der Waals surface area contributed by atoms with Crippen LogP contribution in [0, 0.1) is 5.82 Å². The van der Waals surface area contributed by atoms with Gasteiger partial charge in [-0.1, -0.05) is 18.2 Å². The number of amides is 1. The topological polar surface area (TPSA) is 68.5 Å². The number of aromatic nitrogens is 1. The van der Waals surface area contributed by atoms with E-state index in [9.17, 15) is 9.18 Å². The Kier molecular flexibility index (Phi) is 3.37. The molecule has 1 aromatic heterocycles. The number of para-hydroxylation sites is 1. The van der Waals surface area contributed by atoms with E-state index >= 15 is 0 Å². The molecule has 2 aromatic carbocycles. The van der Waals surface area contributed by atoms with Gasteiger partial charge >= 0.3 is 0 Å². The fraction of sp³-hybridized carbons (Fsp3) is 0.238. The third-order valence-corrected chi connectivity index (χ3v) is 5.38. The van der Waals surface area contributed by atoms with E-state index in [0.717, 1.165) is 12.8 Å². The summed E-state index contributed by atoms with van der Waals surface area (Å²) in [4.78, 5) is 19.4. The van der Waals surface area contributed by atoms with Gasteiger partial charge in [0.2, 0.25) is 0 Å². The first-order chi connectivity index (χ1) is 13.1. The average molecular weight is 363 g/mol. The number of rotatable bonds is 3. The fourth-order valence-electron chi connectivity index (χ4n) is 3.83. The molecule has 136 valence electrons. The van der Waals surface area contributed by atoms with Crippen molar-refractivity contribution in [2.24, 2.45) is 0 Å². The summed E-state index contributed by atoms with van der Waals surface area (Å²) < 4.78 is 19.8. The van der Waals surface area contributed by atoms with E-state index in [1.54, 1.807) is 25.3 Å². The van der Waals surface area contributed by atoms with Crippen molar-refractivity contribution in [2.75, 3.05) is 12.8 Å². The summed E-state index contributed by atoms with van der Waals surface area (Å²) >= 11 is 0. The van der Waals surface area contributed by atoms with E-state index in [1.165, 1.54) is 6.07 Å². The first kappa shape index (κ1) is 16.1. The molecular formula is C21H18FN3O2. The zero-order chi connectivity index (χ0) is 18.7. The van der Waals surface area contributed by atoms with Crippen LogP contribution < -0.4 is 10.5 Å². The normalized spacial score (nSPS) is 16.1. The van der Waals surface area contributed by atoms with Crippen molar-refractivity contribution in [3.05, 3.63) is 53.5 Å². The molecule has 1 aliphatic heterocycles. The Morgan fingerprint density at radius 2 is 2.04 bits per heavy atom. The molecule has 0 bridgehead atoms. The van der Waals surface area contributed by atoms with Crippen molar-refractivity contribution in [2.45, 2.75) is 25.4 Å².